The molecule has 0 unspecified atom stereocenters. The van der Waals surface area contributed by atoms with Crippen LogP contribution in [0.3, 0.4) is 0 Å². The molecule has 2 N–H and O–H groups in total. The normalized spacial score (nSPS) is 11.2. The Morgan fingerprint density at radius 1 is 1.50 bits per heavy atom. The Morgan fingerprint density at radius 3 is 2.67 bits per heavy atom. The van der Waals surface area contributed by atoms with Crippen molar-refractivity contribution >= 4 is 15.7 Å². The summed E-state index contributed by atoms with van der Waals surface area (Å²) in [5, 5.41) is 8.46. The van der Waals surface area contributed by atoms with Crippen molar-refractivity contribution < 1.29 is 13.2 Å². The van der Waals surface area contributed by atoms with Crippen LogP contribution in [0.2, 0.25) is 0 Å². The molecule has 0 atom stereocenters. The molecule has 6 nitrogen and oxygen atoms in total. The highest BCUT2D eigenvalue weighted by Gasteiger charge is 2.21. The van der Waals surface area contributed by atoms with Gasteiger partial charge in [-0.25, -0.2) is 8.42 Å². The number of nitrogens with two attached hydrogens (primary N) is 1. The van der Waals surface area contributed by atoms with Gasteiger partial charge in [-0.1, -0.05) is 0 Å². The molecule has 7 heteroatoms. The largest absolute Gasteiger partial charge is 0.495 e. The Labute approximate surface area is 107 Å². The molecule has 18 heavy (non-hydrogen) atoms. The zero-order valence-corrected chi connectivity index (χ0v) is 11.1. The fourth-order valence-electron chi connectivity index (χ4n) is 1.38. The summed E-state index contributed by atoms with van der Waals surface area (Å²) in [5.74, 6) is 0.425. The molecule has 0 aliphatic heterocycles. The molecule has 0 saturated carbocycles. The summed E-state index contributed by atoms with van der Waals surface area (Å²) in [4.78, 5) is 0.0845. The number of hydrogen-bond acceptors (Lipinski definition) is 5. The van der Waals surface area contributed by atoms with Crippen LogP contribution in [0.5, 0.6) is 5.75 Å². The van der Waals surface area contributed by atoms with E-state index in [1.54, 1.807) is 0 Å². The Hall–Kier alpha value is -1.78. The first-order valence-electron chi connectivity index (χ1n) is 5.20. The topological polar surface area (TPSA) is 96.4 Å². The molecular formula is C11H15N3O3S. The average Bonchev–Trinajstić information content (AvgIpc) is 2.35. The molecule has 1 aromatic rings. The van der Waals surface area contributed by atoms with E-state index in [2.05, 4.69) is 0 Å². The summed E-state index contributed by atoms with van der Waals surface area (Å²) in [6, 6.07) is 6.17. The highest BCUT2D eigenvalue weighted by molar-refractivity contribution is 7.89. The third-order valence-corrected chi connectivity index (χ3v) is 4.30. The summed E-state index contributed by atoms with van der Waals surface area (Å²) >= 11 is 0. The number of ether oxygens (including phenoxy) is 1. The molecular weight excluding hydrogens is 254 g/mol. The van der Waals surface area contributed by atoms with Gasteiger partial charge in [0.25, 0.3) is 0 Å². The predicted octanol–water partition coefficient (Wildman–Crippen LogP) is 0.812. The van der Waals surface area contributed by atoms with Crippen molar-refractivity contribution in [1.29, 1.82) is 5.26 Å². The van der Waals surface area contributed by atoms with Crippen LogP contribution in [0.25, 0.3) is 0 Å². The summed E-state index contributed by atoms with van der Waals surface area (Å²) in [6.45, 7) is 0.144. The highest BCUT2D eigenvalue weighted by atomic mass is 32.2. The zero-order valence-electron chi connectivity index (χ0n) is 10.3. The molecule has 0 aliphatic carbocycles. The van der Waals surface area contributed by atoms with Crippen LogP contribution in [0.4, 0.5) is 5.69 Å². The second-order valence-electron chi connectivity index (χ2n) is 3.64. The van der Waals surface area contributed by atoms with E-state index in [0.29, 0.717) is 5.75 Å². The number of nitrogen functional groups attached to an aromatic ring is 1. The van der Waals surface area contributed by atoms with Crippen molar-refractivity contribution in [3.63, 3.8) is 0 Å². The van der Waals surface area contributed by atoms with Crippen LogP contribution in [0, 0.1) is 11.3 Å². The third kappa shape index (κ3) is 2.91. The van der Waals surface area contributed by atoms with Crippen molar-refractivity contribution in [1.82, 2.24) is 4.31 Å². The van der Waals surface area contributed by atoms with Crippen LogP contribution in [-0.4, -0.2) is 33.4 Å². The lowest BCUT2D eigenvalue weighted by Gasteiger charge is -2.16. The van der Waals surface area contributed by atoms with E-state index < -0.39 is 10.0 Å². The minimum Gasteiger partial charge on any atom is -0.495 e. The van der Waals surface area contributed by atoms with E-state index in [0.717, 1.165) is 4.31 Å². The quantitative estimate of drug-likeness (QED) is 0.798. The molecule has 0 fully saturated rings. The Kier molecular flexibility index (Phi) is 4.53. The van der Waals surface area contributed by atoms with Crippen LogP contribution in [0.15, 0.2) is 23.1 Å². The number of anilines is 1. The van der Waals surface area contributed by atoms with E-state index in [1.165, 1.54) is 32.4 Å². The summed E-state index contributed by atoms with van der Waals surface area (Å²) in [5.41, 5.74) is 5.93. The molecule has 0 heterocycles. The fourth-order valence-corrected chi connectivity index (χ4v) is 2.59. The van der Waals surface area contributed by atoms with Gasteiger partial charge in [0.05, 0.1) is 23.8 Å². The first-order valence-corrected chi connectivity index (χ1v) is 6.64. The lowest BCUT2D eigenvalue weighted by Crippen LogP contribution is -2.27. The van der Waals surface area contributed by atoms with Crippen molar-refractivity contribution in [2.75, 3.05) is 26.4 Å². The van der Waals surface area contributed by atoms with Gasteiger partial charge in [-0.05, 0) is 18.2 Å². The van der Waals surface area contributed by atoms with E-state index in [1.807, 2.05) is 6.07 Å². The Morgan fingerprint density at radius 2 is 2.17 bits per heavy atom. The molecule has 1 aromatic carbocycles. The van der Waals surface area contributed by atoms with E-state index in [-0.39, 0.29) is 23.5 Å². The predicted molar refractivity (Wildman–Crippen MR) is 67.5 cm³/mol. The van der Waals surface area contributed by atoms with Gasteiger partial charge in [-0.2, -0.15) is 9.57 Å². The van der Waals surface area contributed by atoms with Crippen molar-refractivity contribution in [2.45, 2.75) is 11.3 Å². The van der Waals surface area contributed by atoms with Gasteiger partial charge in [0.2, 0.25) is 10.0 Å². The van der Waals surface area contributed by atoms with Gasteiger partial charge in [-0.3, -0.25) is 0 Å². The van der Waals surface area contributed by atoms with Gasteiger partial charge >= 0.3 is 0 Å². The van der Waals surface area contributed by atoms with Crippen molar-refractivity contribution in [2.24, 2.45) is 0 Å². The Bertz CT molecular complexity index is 563. The average molecular weight is 269 g/mol. The first-order chi connectivity index (χ1) is 8.43. The number of nitriles is 1. The second kappa shape index (κ2) is 5.71. The number of sulfonamides is 1. The summed E-state index contributed by atoms with van der Waals surface area (Å²) < 4.78 is 30.3. The SMILES string of the molecule is COc1ccc(S(=O)(=O)N(C)CCC#N)cc1N. The Balaban J connectivity index is 3.06. The smallest absolute Gasteiger partial charge is 0.242 e. The van der Waals surface area contributed by atoms with E-state index >= 15 is 0 Å². The number of hydrogen-bond donors (Lipinski definition) is 1. The van der Waals surface area contributed by atoms with Crippen LogP contribution < -0.4 is 10.5 Å². The van der Waals surface area contributed by atoms with Crippen molar-refractivity contribution in [3.05, 3.63) is 18.2 Å². The number of nitrogens with zero attached hydrogens (tertiary/aromatic N) is 2. The van der Waals surface area contributed by atoms with Crippen LogP contribution in [-0.2, 0) is 10.0 Å². The number of benzene rings is 1. The van der Waals surface area contributed by atoms with Crippen molar-refractivity contribution in [3.8, 4) is 11.8 Å². The molecule has 0 aromatic heterocycles. The van der Waals surface area contributed by atoms with Crippen LogP contribution in [0.1, 0.15) is 6.42 Å². The molecule has 0 saturated heterocycles. The monoisotopic (exact) mass is 269 g/mol. The summed E-state index contributed by atoms with van der Waals surface area (Å²) in [6.07, 6.45) is 0.140. The van der Waals surface area contributed by atoms with Gasteiger partial charge in [0, 0.05) is 20.0 Å². The minimum atomic E-state index is -3.61. The summed E-state index contributed by atoms with van der Waals surface area (Å²) in [7, 11) is -0.731. The molecule has 0 amide bonds. The maximum atomic E-state index is 12.1. The van der Waals surface area contributed by atoms with Crippen LogP contribution >= 0.6 is 0 Å². The number of methoxy groups -OCH3 is 1. The number of rotatable bonds is 5. The second-order valence-corrected chi connectivity index (χ2v) is 5.68. The van der Waals surface area contributed by atoms with E-state index in [9.17, 15) is 8.42 Å². The zero-order chi connectivity index (χ0) is 13.8. The molecule has 0 aliphatic rings. The van der Waals surface area contributed by atoms with Gasteiger partial charge in [-0.15, -0.1) is 0 Å². The lowest BCUT2D eigenvalue weighted by atomic mass is 10.3. The highest BCUT2D eigenvalue weighted by Crippen LogP contribution is 2.25. The maximum absolute atomic E-state index is 12.1. The minimum absolute atomic E-state index is 0.0845. The standard InChI is InChI=1S/C11H15N3O3S/c1-14(7-3-6-12)18(15,16)9-4-5-11(17-2)10(13)8-9/h4-5,8H,3,7,13H2,1-2H3. The van der Waals surface area contributed by atoms with Gasteiger partial charge in [0.1, 0.15) is 5.75 Å². The molecule has 98 valence electrons. The fraction of sp³-hybridized carbons (Fsp3) is 0.364. The molecule has 0 spiro atoms. The van der Waals surface area contributed by atoms with Gasteiger partial charge < -0.3 is 10.5 Å². The molecule has 0 radical (unpaired) electrons. The molecule has 0 bridgehead atoms. The molecule has 1 rings (SSSR count). The lowest BCUT2D eigenvalue weighted by molar-refractivity contribution is 0.416. The van der Waals surface area contributed by atoms with Gasteiger partial charge in [0.15, 0.2) is 0 Å². The van der Waals surface area contributed by atoms with E-state index in [4.69, 9.17) is 15.7 Å². The maximum Gasteiger partial charge on any atom is 0.242 e. The third-order valence-electron chi connectivity index (χ3n) is 2.45. The first kappa shape index (κ1) is 14.3.